The molecule has 2 atom stereocenters. The Labute approximate surface area is 231 Å². The summed E-state index contributed by atoms with van der Waals surface area (Å²) in [5.41, 5.74) is 6.09. The minimum absolute atomic E-state index is 0.0156. The van der Waals surface area contributed by atoms with E-state index in [1.165, 1.54) is 26.0 Å². The van der Waals surface area contributed by atoms with Gasteiger partial charge in [-0.15, -0.1) is 34.0 Å². The Kier molecular flexibility index (Phi) is 8.77. The highest BCUT2D eigenvalue weighted by atomic mass is 32.1. The van der Waals surface area contributed by atoms with Crippen molar-refractivity contribution in [3.8, 4) is 0 Å². The molecule has 0 radical (unpaired) electrons. The van der Waals surface area contributed by atoms with Gasteiger partial charge in [-0.25, -0.2) is 0 Å². The van der Waals surface area contributed by atoms with E-state index in [1.54, 1.807) is 11.3 Å². The number of carbonyl (C=O) groups excluding carboxylic acids is 2. The normalized spacial score (nSPS) is 24.4. The zero-order valence-corrected chi connectivity index (χ0v) is 23.8. The fourth-order valence-corrected chi connectivity index (χ4v) is 7.88. The molecular formula is C28H36N4O2S3. The molecule has 2 aliphatic rings. The summed E-state index contributed by atoms with van der Waals surface area (Å²) in [5.74, 6) is -0.0453. The number of nitrogens with two attached hydrogens (primary N) is 1. The van der Waals surface area contributed by atoms with E-state index in [0.29, 0.717) is 17.8 Å². The van der Waals surface area contributed by atoms with Crippen molar-refractivity contribution in [2.24, 2.45) is 5.73 Å². The number of rotatable bonds is 8. The fraction of sp³-hybridized carbons (Fsp3) is 0.500. The lowest BCUT2D eigenvalue weighted by atomic mass is 9.90. The summed E-state index contributed by atoms with van der Waals surface area (Å²) in [7, 11) is 0. The first-order valence-electron chi connectivity index (χ1n) is 13.2. The standard InChI is InChI=1S/C28H36N4O2S3/c1-19-6-11-24(37-19)18-31(17-23-4-2-14-35-23)22-12-13-32(28(34)26-5-3-15-36-26)25(16-22)27(33)30-21-9-7-20(29)8-10-21/h2-6,11,14-15,20-22,25H,7-10,12-13,16-18,29H2,1H3,(H,30,33)/t20?,21?,22?,25-/m1/s1. The van der Waals surface area contributed by atoms with Gasteiger partial charge in [0.2, 0.25) is 5.91 Å². The van der Waals surface area contributed by atoms with Crippen molar-refractivity contribution >= 4 is 45.8 Å². The van der Waals surface area contributed by atoms with Crippen molar-refractivity contribution in [3.05, 3.63) is 66.7 Å². The van der Waals surface area contributed by atoms with Crippen LogP contribution in [-0.4, -0.2) is 52.3 Å². The summed E-state index contributed by atoms with van der Waals surface area (Å²) in [6, 6.07) is 12.6. The number of thiophene rings is 3. The van der Waals surface area contributed by atoms with Crippen LogP contribution >= 0.6 is 34.0 Å². The SMILES string of the molecule is Cc1ccc(CN(Cc2cccs2)C2CCN(C(=O)c3cccs3)[C@@H](C(=O)NC3CCC(N)CC3)C2)s1. The maximum Gasteiger partial charge on any atom is 0.264 e. The number of carbonyl (C=O) groups is 2. The van der Waals surface area contributed by atoms with Crippen molar-refractivity contribution in [2.75, 3.05) is 6.54 Å². The van der Waals surface area contributed by atoms with Gasteiger partial charge in [0.1, 0.15) is 6.04 Å². The van der Waals surface area contributed by atoms with Gasteiger partial charge in [-0.2, -0.15) is 0 Å². The maximum absolute atomic E-state index is 13.7. The van der Waals surface area contributed by atoms with Crippen LogP contribution in [0.15, 0.2) is 47.2 Å². The van der Waals surface area contributed by atoms with Gasteiger partial charge in [-0.05, 0) is 80.5 Å². The largest absolute Gasteiger partial charge is 0.352 e. The summed E-state index contributed by atoms with van der Waals surface area (Å²) in [6.07, 6.45) is 5.18. The van der Waals surface area contributed by atoms with E-state index in [4.69, 9.17) is 5.73 Å². The molecule has 0 aromatic carbocycles. The molecule has 2 fully saturated rings. The Hall–Kier alpha value is -2.04. The van der Waals surface area contributed by atoms with Crippen molar-refractivity contribution < 1.29 is 9.59 Å². The molecule has 3 N–H and O–H groups in total. The van der Waals surface area contributed by atoms with E-state index in [2.05, 4.69) is 46.8 Å². The van der Waals surface area contributed by atoms with E-state index in [9.17, 15) is 9.59 Å². The second kappa shape index (κ2) is 12.2. The third-order valence-corrected chi connectivity index (χ3v) is 10.3. The molecular weight excluding hydrogens is 521 g/mol. The monoisotopic (exact) mass is 556 g/mol. The molecule has 3 aromatic heterocycles. The lowest BCUT2D eigenvalue weighted by molar-refractivity contribution is -0.128. The van der Waals surface area contributed by atoms with Crippen LogP contribution in [0.2, 0.25) is 0 Å². The quantitative estimate of drug-likeness (QED) is 0.398. The van der Waals surface area contributed by atoms with Crippen LogP contribution in [0.1, 0.15) is 62.8 Å². The first-order chi connectivity index (χ1) is 18.0. The minimum Gasteiger partial charge on any atom is -0.352 e. The maximum atomic E-state index is 13.7. The van der Waals surface area contributed by atoms with Gasteiger partial charge >= 0.3 is 0 Å². The smallest absolute Gasteiger partial charge is 0.264 e. The van der Waals surface area contributed by atoms with Crippen LogP contribution in [-0.2, 0) is 17.9 Å². The highest BCUT2D eigenvalue weighted by Gasteiger charge is 2.39. The molecule has 1 unspecified atom stereocenters. The Morgan fingerprint density at radius 3 is 2.43 bits per heavy atom. The van der Waals surface area contributed by atoms with Crippen molar-refractivity contribution in [1.82, 2.24) is 15.1 Å². The minimum atomic E-state index is -0.472. The number of hydrogen-bond acceptors (Lipinski definition) is 7. The molecule has 4 heterocycles. The third-order valence-electron chi connectivity index (χ3n) is 7.60. The lowest BCUT2D eigenvalue weighted by Crippen LogP contribution is -2.58. The van der Waals surface area contributed by atoms with Gasteiger partial charge in [-0.3, -0.25) is 14.5 Å². The zero-order chi connectivity index (χ0) is 25.8. The average molecular weight is 557 g/mol. The molecule has 5 rings (SSSR count). The number of nitrogens with zero attached hydrogens (tertiary/aromatic N) is 2. The summed E-state index contributed by atoms with van der Waals surface area (Å²) in [4.78, 5) is 36.2. The average Bonchev–Trinajstić information content (AvgIpc) is 3.68. The first kappa shape index (κ1) is 26.6. The van der Waals surface area contributed by atoms with Crippen LogP contribution in [0, 0.1) is 6.92 Å². The summed E-state index contributed by atoms with van der Waals surface area (Å²) >= 11 is 5.05. The van der Waals surface area contributed by atoms with E-state index in [-0.39, 0.29) is 29.9 Å². The second-order valence-electron chi connectivity index (χ2n) is 10.3. The van der Waals surface area contributed by atoms with Crippen LogP contribution in [0.25, 0.3) is 0 Å². The van der Waals surface area contributed by atoms with Crippen molar-refractivity contribution in [1.29, 1.82) is 0 Å². The number of likely N-dealkylation sites (tertiary alicyclic amines) is 1. The first-order valence-corrected chi connectivity index (χ1v) is 15.8. The number of amides is 2. The highest BCUT2D eigenvalue weighted by molar-refractivity contribution is 7.12. The van der Waals surface area contributed by atoms with Gasteiger partial charge in [-0.1, -0.05) is 12.1 Å². The number of aryl methyl sites for hydroxylation is 1. The molecule has 2 amide bonds. The lowest BCUT2D eigenvalue weighted by Gasteiger charge is -2.43. The molecule has 1 saturated carbocycles. The van der Waals surface area contributed by atoms with Crippen LogP contribution in [0.3, 0.4) is 0 Å². The molecule has 6 nitrogen and oxygen atoms in total. The Morgan fingerprint density at radius 1 is 1.00 bits per heavy atom. The third kappa shape index (κ3) is 6.70. The molecule has 9 heteroatoms. The van der Waals surface area contributed by atoms with Crippen molar-refractivity contribution in [2.45, 2.75) is 82.7 Å². The molecule has 0 bridgehead atoms. The molecule has 3 aromatic rings. The highest BCUT2D eigenvalue weighted by Crippen LogP contribution is 2.30. The van der Waals surface area contributed by atoms with Gasteiger partial charge in [0.05, 0.1) is 4.88 Å². The molecule has 1 aliphatic carbocycles. The predicted octanol–water partition coefficient (Wildman–Crippen LogP) is 5.24. The molecule has 0 spiro atoms. The number of hydrogen-bond donors (Lipinski definition) is 2. The van der Waals surface area contributed by atoms with Gasteiger partial charge < -0.3 is 16.0 Å². The van der Waals surface area contributed by atoms with E-state index >= 15 is 0 Å². The summed E-state index contributed by atoms with van der Waals surface area (Å²) < 4.78 is 0. The van der Waals surface area contributed by atoms with Crippen LogP contribution in [0.5, 0.6) is 0 Å². The molecule has 1 saturated heterocycles. The topological polar surface area (TPSA) is 78.7 Å². The van der Waals surface area contributed by atoms with Gasteiger partial charge in [0.15, 0.2) is 0 Å². The van der Waals surface area contributed by atoms with E-state index in [0.717, 1.165) is 45.2 Å². The van der Waals surface area contributed by atoms with Gasteiger partial charge in [0, 0.05) is 52.4 Å². The Morgan fingerprint density at radius 2 is 1.76 bits per heavy atom. The predicted molar refractivity (Wildman–Crippen MR) is 153 cm³/mol. The second-order valence-corrected chi connectivity index (χ2v) is 13.6. The van der Waals surface area contributed by atoms with Crippen LogP contribution in [0.4, 0.5) is 0 Å². The molecule has 198 valence electrons. The molecule has 1 aliphatic heterocycles. The van der Waals surface area contributed by atoms with E-state index < -0.39 is 6.04 Å². The Balaban J connectivity index is 1.36. The number of nitrogens with one attached hydrogen (secondary N) is 1. The zero-order valence-electron chi connectivity index (χ0n) is 21.3. The summed E-state index contributed by atoms with van der Waals surface area (Å²) in [6.45, 7) is 4.44. The Bertz CT molecular complexity index is 1150. The van der Waals surface area contributed by atoms with Crippen molar-refractivity contribution in [3.63, 3.8) is 0 Å². The van der Waals surface area contributed by atoms with Gasteiger partial charge in [0.25, 0.3) is 5.91 Å². The van der Waals surface area contributed by atoms with E-state index in [1.807, 2.05) is 33.7 Å². The van der Waals surface area contributed by atoms with Crippen LogP contribution < -0.4 is 11.1 Å². The fourth-order valence-electron chi connectivity index (χ4n) is 5.56. The number of piperidine rings is 1. The molecule has 37 heavy (non-hydrogen) atoms. The summed E-state index contributed by atoms with van der Waals surface area (Å²) in [5, 5.41) is 7.34.